The minimum atomic E-state index is -1.02. The molecule has 4 heteroatoms. The first kappa shape index (κ1) is 10.9. The zero-order valence-corrected chi connectivity index (χ0v) is 9.01. The highest BCUT2D eigenvalue weighted by molar-refractivity contribution is 9.10. The van der Waals surface area contributed by atoms with Crippen LogP contribution in [0.5, 0.6) is 0 Å². The molecule has 0 aliphatic heterocycles. The molecule has 0 aliphatic carbocycles. The van der Waals surface area contributed by atoms with E-state index in [1.54, 1.807) is 6.92 Å². The van der Waals surface area contributed by atoms with Crippen molar-refractivity contribution < 1.29 is 14.3 Å². The molecule has 14 heavy (non-hydrogen) atoms. The van der Waals surface area contributed by atoms with Crippen molar-refractivity contribution in [2.24, 2.45) is 0 Å². The van der Waals surface area contributed by atoms with E-state index < -0.39 is 5.97 Å². The van der Waals surface area contributed by atoms with E-state index in [1.807, 2.05) is 0 Å². The third-order valence-electron chi connectivity index (χ3n) is 1.70. The lowest BCUT2D eigenvalue weighted by atomic mass is 10.1. The van der Waals surface area contributed by atoms with Gasteiger partial charge in [0.2, 0.25) is 0 Å². The number of hydrogen-bond donors (Lipinski definition) is 1. The average molecular weight is 259 g/mol. The van der Waals surface area contributed by atoms with Crippen molar-refractivity contribution in [3.8, 4) is 0 Å². The molecule has 0 bridgehead atoms. The molecule has 0 unspecified atom stereocenters. The van der Waals surface area contributed by atoms with Crippen LogP contribution in [0, 0.1) is 5.82 Å². The highest BCUT2D eigenvalue weighted by Gasteiger charge is 2.04. The van der Waals surface area contributed by atoms with Crippen LogP contribution in [0.2, 0.25) is 0 Å². The van der Waals surface area contributed by atoms with Gasteiger partial charge in [0.15, 0.2) is 0 Å². The summed E-state index contributed by atoms with van der Waals surface area (Å²) in [5.41, 5.74) is 1.25. The SMILES string of the molecule is C/C(=C/C(=O)O)c1ccc(F)cc1Br. The Bertz CT molecular complexity index is 399. The average Bonchev–Trinajstić information content (AvgIpc) is 2.01. The second-order valence-electron chi connectivity index (χ2n) is 2.79. The summed E-state index contributed by atoms with van der Waals surface area (Å²) < 4.78 is 13.3. The van der Waals surface area contributed by atoms with Gasteiger partial charge < -0.3 is 5.11 Å². The van der Waals surface area contributed by atoms with E-state index in [0.717, 1.165) is 6.08 Å². The molecule has 0 saturated heterocycles. The van der Waals surface area contributed by atoms with E-state index in [9.17, 15) is 9.18 Å². The molecule has 2 nitrogen and oxygen atoms in total. The van der Waals surface area contributed by atoms with Gasteiger partial charge >= 0.3 is 5.97 Å². The zero-order chi connectivity index (χ0) is 10.7. The number of allylic oxidation sites excluding steroid dienone is 1. The summed E-state index contributed by atoms with van der Waals surface area (Å²) in [6.45, 7) is 1.66. The van der Waals surface area contributed by atoms with Crippen LogP contribution in [-0.2, 0) is 4.79 Å². The third kappa shape index (κ3) is 2.67. The molecule has 0 amide bonds. The number of hydrogen-bond acceptors (Lipinski definition) is 1. The van der Waals surface area contributed by atoms with E-state index in [2.05, 4.69) is 15.9 Å². The molecule has 1 N–H and O–H groups in total. The van der Waals surface area contributed by atoms with Crippen molar-refractivity contribution in [2.75, 3.05) is 0 Å². The molecule has 0 saturated carbocycles. The lowest BCUT2D eigenvalue weighted by molar-refractivity contribution is -0.131. The van der Waals surface area contributed by atoms with E-state index in [4.69, 9.17) is 5.11 Å². The summed E-state index contributed by atoms with van der Waals surface area (Å²) in [5.74, 6) is -1.37. The smallest absolute Gasteiger partial charge is 0.328 e. The molecule has 0 aromatic heterocycles. The fourth-order valence-electron chi connectivity index (χ4n) is 1.07. The largest absolute Gasteiger partial charge is 0.478 e. The van der Waals surface area contributed by atoms with Crippen molar-refractivity contribution in [3.63, 3.8) is 0 Å². The van der Waals surface area contributed by atoms with Crippen LogP contribution < -0.4 is 0 Å². The minimum absolute atomic E-state index is 0.358. The van der Waals surface area contributed by atoms with Crippen molar-refractivity contribution >= 4 is 27.5 Å². The molecule has 0 heterocycles. The maximum absolute atomic E-state index is 12.7. The molecule has 1 rings (SSSR count). The van der Waals surface area contributed by atoms with Gasteiger partial charge in [0.25, 0.3) is 0 Å². The fourth-order valence-corrected chi connectivity index (χ4v) is 1.74. The Balaban J connectivity index is 3.14. The summed E-state index contributed by atoms with van der Waals surface area (Å²) in [4.78, 5) is 10.4. The van der Waals surface area contributed by atoms with Gasteiger partial charge in [-0.1, -0.05) is 22.0 Å². The molecule has 1 aromatic carbocycles. The molecule has 0 atom stereocenters. The Kier molecular flexibility index (Phi) is 3.41. The van der Waals surface area contributed by atoms with E-state index >= 15 is 0 Å². The Morgan fingerprint density at radius 3 is 2.71 bits per heavy atom. The van der Waals surface area contributed by atoms with Crippen molar-refractivity contribution in [1.82, 2.24) is 0 Å². The lowest BCUT2D eigenvalue weighted by Crippen LogP contribution is -1.91. The van der Waals surface area contributed by atoms with Gasteiger partial charge in [-0.2, -0.15) is 0 Å². The van der Waals surface area contributed by atoms with Gasteiger partial charge in [-0.15, -0.1) is 0 Å². The second kappa shape index (κ2) is 4.37. The third-order valence-corrected chi connectivity index (χ3v) is 2.35. The Morgan fingerprint density at radius 2 is 2.21 bits per heavy atom. The van der Waals surface area contributed by atoms with Crippen LogP contribution in [0.1, 0.15) is 12.5 Å². The summed E-state index contributed by atoms with van der Waals surface area (Å²) in [6.07, 6.45) is 1.08. The molecule has 0 aliphatic rings. The Hall–Kier alpha value is -1.16. The number of benzene rings is 1. The van der Waals surface area contributed by atoms with Crippen molar-refractivity contribution in [1.29, 1.82) is 0 Å². The van der Waals surface area contributed by atoms with Crippen molar-refractivity contribution in [3.05, 3.63) is 40.1 Å². The summed E-state index contributed by atoms with van der Waals surface area (Å²) in [6, 6.07) is 4.13. The van der Waals surface area contributed by atoms with Crippen LogP contribution in [0.15, 0.2) is 28.7 Å². The zero-order valence-electron chi connectivity index (χ0n) is 7.42. The fraction of sp³-hybridized carbons (Fsp3) is 0.100. The molecular formula is C10H8BrFO2. The lowest BCUT2D eigenvalue weighted by Gasteiger charge is -2.03. The summed E-state index contributed by atoms with van der Waals surface area (Å²) >= 11 is 3.16. The number of carboxylic acid groups (broad SMARTS) is 1. The monoisotopic (exact) mass is 258 g/mol. The molecule has 1 aromatic rings. The van der Waals surface area contributed by atoms with Crippen molar-refractivity contribution in [2.45, 2.75) is 6.92 Å². The quantitative estimate of drug-likeness (QED) is 0.828. The van der Waals surface area contributed by atoms with Gasteiger partial charge in [0.05, 0.1) is 0 Å². The maximum Gasteiger partial charge on any atom is 0.328 e. The van der Waals surface area contributed by atoms with Crippen LogP contribution in [0.3, 0.4) is 0 Å². The Labute approximate surface area is 89.2 Å². The highest BCUT2D eigenvalue weighted by atomic mass is 79.9. The van der Waals surface area contributed by atoms with E-state index in [0.29, 0.717) is 15.6 Å². The van der Waals surface area contributed by atoms with Gasteiger partial charge in [-0.3, -0.25) is 0 Å². The second-order valence-corrected chi connectivity index (χ2v) is 3.64. The molecule has 0 fully saturated rings. The normalized spacial score (nSPS) is 11.5. The highest BCUT2D eigenvalue weighted by Crippen LogP contribution is 2.24. The summed E-state index contributed by atoms with van der Waals surface area (Å²) in [5, 5.41) is 8.52. The number of carbonyl (C=O) groups is 1. The van der Waals surface area contributed by atoms with Crippen LogP contribution in [0.4, 0.5) is 4.39 Å². The number of carboxylic acids is 1. The first-order chi connectivity index (χ1) is 6.50. The van der Waals surface area contributed by atoms with E-state index in [-0.39, 0.29) is 5.82 Å². The predicted octanol–water partition coefficient (Wildman–Crippen LogP) is 3.08. The molecule has 0 spiro atoms. The molecular weight excluding hydrogens is 251 g/mol. The first-order valence-electron chi connectivity index (χ1n) is 3.87. The van der Waals surface area contributed by atoms with E-state index in [1.165, 1.54) is 18.2 Å². The number of halogens is 2. The van der Waals surface area contributed by atoms with Crippen LogP contribution in [-0.4, -0.2) is 11.1 Å². The van der Waals surface area contributed by atoms with Gasteiger partial charge in [-0.25, -0.2) is 9.18 Å². The number of rotatable bonds is 2. The topological polar surface area (TPSA) is 37.3 Å². The molecule has 0 radical (unpaired) electrons. The summed E-state index contributed by atoms with van der Waals surface area (Å²) in [7, 11) is 0. The maximum atomic E-state index is 12.7. The van der Waals surface area contributed by atoms with Gasteiger partial charge in [-0.05, 0) is 30.2 Å². The van der Waals surface area contributed by atoms with Crippen LogP contribution >= 0.6 is 15.9 Å². The first-order valence-corrected chi connectivity index (χ1v) is 4.66. The number of aliphatic carboxylic acids is 1. The van der Waals surface area contributed by atoms with Gasteiger partial charge in [0.1, 0.15) is 5.82 Å². The Morgan fingerprint density at radius 1 is 1.57 bits per heavy atom. The standard InChI is InChI=1S/C10H8BrFO2/c1-6(4-10(13)14)8-3-2-7(12)5-9(8)11/h2-5H,1H3,(H,13,14)/b6-4-. The van der Waals surface area contributed by atoms with Gasteiger partial charge in [0, 0.05) is 10.5 Å². The molecule has 74 valence electrons. The minimum Gasteiger partial charge on any atom is -0.478 e. The predicted molar refractivity (Wildman–Crippen MR) is 55.4 cm³/mol. The van der Waals surface area contributed by atoms with Crippen LogP contribution in [0.25, 0.3) is 5.57 Å².